The quantitative estimate of drug-likeness (QED) is 0.615. The highest BCUT2D eigenvalue weighted by atomic mass is 16.5. The van der Waals surface area contributed by atoms with E-state index in [1.807, 2.05) is 42.5 Å². The summed E-state index contributed by atoms with van der Waals surface area (Å²) in [5.74, 6) is 0.819. The Balaban J connectivity index is 1.22. The lowest BCUT2D eigenvalue weighted by molar-refractivity contribution is -0.131. The van der Waals surface area contributed by atoms with Crippen LogP contribution in [0.5, 0.6) is 5.75 Å². The molecule has 2 heterocycles. The van der Waals surface area contributed by atoms with Crippen LogP contribution in [0.4, 0.5) is 0 Å². The summed E-state index contributed by atoms with van der Waals surface area (Å²) in [5.41, 5.74) is 2.20. The van der Waals surface area contributed by atoms with Gasteiger partial charge in [-0.25, -0.2) is 0 Å². The minimum Gasteiger partial charge on any atom is -0.497 e. The molecule has 0 spiro atoms. The summed E-state index contributed by atoms with van der Waals surface area (Å²) in [4.78, 5) is 29.0. The number of benzene rings is 2. The highest BCUT2D eigenvalue weighted by molar-refractivity contribution is 5.95. The van der Waals surface area contributed by atoms with Gasteiger partial charge in [0, 0.05) is 44.4 Å². The first kappa shape index (κ1) is 21.6. The third kappa shape index (κ3) is 5.33. The van der Waals surface area contributed by atoms with Crippen molar-refractivity contribution >= 4 is 11.8 Å². The van der Waals surface area contributed by atoms with E-state index in [1.54, 1.807) is 18.1 Å². The molecule has 2 amide bonds. The Morgan fingerprint density at radius 1 is 1.03 bits per heavy atom. The molecule has 8 heteroatoms. The predicted octanol–water partition coefficient (Wildman–Crippen LogP) is 2.42. The second kappa shape index (κ2) is 10.1. The van der Waals surface area contributed by atoms with Crippen molar-refractivity contribution in [3.05, 3.63) is 71.9 Å². The first-order valence-corrected chi connectivity index (χ1v) is 10.6. The molecule has 1 fully saturated rings. The van der Waals surface area contributed by atoms with E-state index in [-0.39, 0.29) is 18.1 Å². The van der Waals surface area contributed by atoms with Crippen LogP contribution in [0.1, 0.15) is 16.1 Å². The number of carbonyl (C=O) groups excluding carboxylic acids is 2. The molecule has 1 N–H and O–H groups in total. The first-order valence-electron chi connectivity index (χ1n) is 10.6. The maximum Gasteiger partial charge on any atom is 0.273 e. The largest absolute Gasteiger partial charge is 0.497 e. The topological polar surface area (TPSA) is 87.9 Å². The Morgan fingerprint density at radius 2 is 1.75 bits per heavy atom. The van der Waals surface area contributed by atoms with Crippen molar-refractivity contribution in [3.8, 4) is 17.1 Å². The summed E-state index contributed by atoms with van der Waals surface area (Å²) in [5, 5.41) is 6.46. The number of piperazine rings is 1. The molecule has 0 unspecified atom stereocenters. The van der Waals surface area contributed by atoms with Gasteiger partial charge in [-0.05, 0) is 17.7 Å². The van der Waals surface area contributed by atoms with Gasteiger partial charge in [0.1, 0.15) is 5.75 Å². The minimum atomic E-state index is -0.428. The zero-order chi connectivity index (χ0) is 22.3. The summed E-state index contributed by atoms with van der Waals surface area (Å²) in [6, 6.07) is 19.0. The molecule has 4 rings (SSSR count). The summed E-state index contributed by atoms with van der Waals surface area (Å²) in [7, 11) is 1.65. The molecule has 0 saturated carbocycles. The van der Waals surface area contributed by atoms with Gasteiger partial charge < -0.3 is 19.5 Å². The van der Waals surface area contributed by atoms with E-state index in [0.29, 0.717) is 18.8 Å². The van der Waals surface area contributed by atoms with Crippen molar-refractivity contribution in [1.82, 2.24) is 20.3 Å². The molecule has 1 aliphatic heterocycles. The number of nitrogens with one attached hydrogen (secondary N) is 1. The van der Waals surface area contributed by atoms with Crippen molar-refractivity contribution in [2.45, 2.75) is 6.54 Å². The summed E-state index contributed by atoms with van der Waals surface area (Å²) in [6.07, 6.45) is 0. The van der Waals surface area contributed by atoms with E-state index in [1.165, 1.54) is 5.56 Å². The van der Waals surface area contributed by atoms with Gasteiger partial charge in [-0.1, -0.05) is 47.6 Å². The number of ether oxygens (including phenoxy) is 1. The van der Waals surface area contributed by atoms with E-state index < -0.39 is 5.91 Å². The molecule has 8 nitrogen and oxygen atoms in total. The number of carbonyl (C=O) groups is 2. The smallest absolute Gasteiger partial charge is 0.273 e. The lowest BCUT2D eigenvalue weighted by Gasteiger charge is -2.34. The van der Waals surface area contributed by atoms with E-state index in [9.17, 15) is 9.59 Å². The third-order valence-corrected chi connectivity index (χ3v) is 5.49. The van der Waals surface area contributed by atoms with Crippen molar-refractivity contribution < 1.29 is 18.8 Å². The van der Waals surface area contributed by atoms with Gasteiger partial charge in [0.25, 0.3) is 5.91 Å². The van der Waals surface area contributed by atoms with Gasteiger partial charge in [0.15, 0.2) is 11.5 Å². The minimum absolute atomic E-state index is 0.0646. The fraction of sp³-hybridized carbons (Fsp3) is 0.292. The third-order valence-electron chi connectivity index (χ3n) is 5.49. The normalized spacial score (nSPS) is 14.2. The molecule has 3 aromatic rings. The number of nitrogens with zero attached hydrogens (tertiary/aromatic N) is 3. The molecule has 32 heavy (non-hydrogen) atoms. The van der Waals surface area contributed by atoms with Crippen LogP contribution in [0.25, 0.3) is 11.3 Å². The van der Waals surface area contributed by atoms with Gasteiger partial charge in [0.2, 0.25) is 5.91 Å². The van der Waals surface area contributed by atoms with Crippen molar-refractivity contribution in [2.24, 2.45) is 0 Å². The van der Waals surface area contributed by atoms with E-state index in [0.717, 1.165) is 30.9 Å². The summed E-state index contributed by atoms with van der Waals surface area (Å²) >= 11 is 0. The molecule has 2 aromatic carbocycles. The molecule has 1 aliphatic rings. The van der Waals surface area contributed by atoms with Crippen molar-refractivity contribution in [3.63, 3.8) is 0 Å². The molecule has 166 valence electrons. The number of hydrogen-bond donors (Lipinski definition) is 1. The number of methoxy groups -OCH3 is 1. The molecule has 0 bridgehead atoms. The second-order valence-corrected chi connectivity index (χ2v) is 7.63. The molecule has 0 atom stereocenters. The Labute approximate surface area is 186 Å². The lowest BCUT2D eigenvalue weighted by Crippen LogP contribution is -2.50. The fourth-order valence-electron chi connectivity index (χ4n) is 3.62. The van der Waals surface area contributed by atoms with Crippen LogP contribution in [-0.4, -0.2) is 66.6 Å². The van der Waals surface area contributed by atoms with Crippen molar-refractivity contribution in [1.29, 1.82) is 0 Å². The Hall–Kier alpha value is -3.65. The van der Waals surface area contributed by atoms with Gasteiger partial charge in [-0.3, -0.25) is 14.5 Å². The number of hydrogen-bond acceptors (Lipinski definition) is 6. The van der Waals surface area contributed by atoms with E-state index in [2.05, 4.69) is 27.5 Å². The average molecular weight is 434 g/mol. The summed E-state index contributed by atoms with van der Waals surface area (Å²) < 4.78 is 10.4. The first-order chi connectivity index (χ1) is 15.6. The lowest BCUT2D eigenvalue weighted by atomic mass is 10.1. The molecule has 0 radical (unpaired) electrons. The van der Waals surface area contributed by atoms with Gasteiger partial charge in [-0.15, -0.1) is 0 Å². The Morgan fingerprint density at radius 3 is 2.44 bits per heavy atom. The van der Waals surface area contributed by atoms with E-state index >= 15 is 0 Å². The van der Waals surface area contributed by atoms with Gasteiger partial charge in [-0.2, -0.15) is 0 Å². The van der Waals surface area contributed by atoms with Crippen molar-refractivity contribution in [2.75, 3.05) is 39.8 Å². The fourth-order valence-corrected chi connectivity index (χ4v) is 3.62. The molecule has 0 aliphatic carbocycles. The standard InChI is InChI=1S/C24H26N4O4/c1-31-20-9-7-18(8-10-20)17-27-11-13-28(14-12-27)23(29)16-25-24(30)21-15-22(32-26-21)19-5-3-2-4-6-19/h2-10,15H,11-14,16-17H2,1H3,(H,25,30). The van der Waals surface area contributed by atoms with Crippen LogP contribution in [0.15, 0.2) is 65.2 Å². The van der Waals surface area contributed by atoms with Gasteiger partial charge in [0.05, 0.1) is 13.7 Å². The monoisotopic (exact) mass is 434 g/mol. The SMILES string of the molecule is COc1ccc(CN2CCN(C(=O)CNC(=O)c3cc(-c4ccccc4)on3)CC2)cc1. The van der Waals surface area contributed by atoms with Crippen LogP contribution in [0, 0.1) is 0 Å². The number of aromatic nitrogens is 1. The molecule has 1 aromatic heterocycles. The second-order valence-electron chi connectivity index (χ2n) is 7.63. The van der Waals surface area contributed by atoms with Crippen LogP contribution in [-0.2, 0) is 11.3 Å². The van der Waals surface area contributed by atoms with Crippen LogP contribution >= 0.6 is 0 Å². The number of amides is 2. The Bertz CT molecular complexity index is 1040. The zero-order valence-electron chi connectivity index (χ0n) is 18.0. The maximum absolute atomic E-state index is 12.5. The van der Waals surface area contributed by atoms with Crippen LogP contribution < -0.4 is 10.1 Å². The Kier molecular flexibility index (Phi) is 6.81. The van der Waals surface area contributed by atoms with E-state index in [4.69, 9.17) is 9.26 Å². The zero-order valence-corrected chi connectivity index (χ0v) is 18.0. The number of rotatable bonds is 7. The molecule has 1 saturated heterocycles. The predicted molar refractivity (Wildman–Crippen MR) is 119 cm³/mol. The highest BCUT2D eigenvalue weighted by Crippen LogP contribution is 2.19. The molecular weight excluding hydrogens is 408 g/mol. The summed E-state index contributed by atoms with van der Waals surface area (Å²) in [6.45, 7) is 3.61. The maximum atomic E-state index is 12.5. The average Bonchev–Trinajstić information content (AvgIpc) is 3.34. The highest BCUT2D eigenvalue weighted by Gasteiger charge is 2.22. The van der Waals surface area contributed by atoms with Crippen LogP contribution in [0.2, 0.25) is 0 Å². The van der Waals surface area contributed by atoms with Gasteiger partial charge >= 0.3 is 0 Å². The van der Waals surface area contributed by atoms with Crippen LogP contribution in [0.3, 0.4) is 0 Å². The molecular formula is C24H26N4O4.